The number of halogens is 2. The molecule has 32 heavy (non-hydrogen) atoms. The Morgan fingerprint density at radius 2 is 1.97 bits per heavy atom. The number of carbonyl (C=O) groups is 1. The zero-order valence-corrected chi connectivity index (χ0v) is 18.4. The van der Waals surface area contributed by atoms with Gasteiger partial charge in [0.05, 0.1) is 6.54 Å². The number of rotatable bonds is 9. The van der Waals surface area contributed by atoms with Crippen molar-refractivity contribution < 1.29 is 18.3 Å². The van der Waals surface area contributed by atoms with Crippen LogP contribution >= 0.6 is 0 Å². The van der Waals surface area contributed by atoms with E-state index in [1.807, 2.05) is 24.0 Å². The fourth-order valence-corrected chi connectivity index (χ4v) is 3.55. The highest BCUT2D eigenvalue weighted by molar-refractivity contribution is 5.80. The minimum atomic E-state index is -0.729. The third-order valence-electron chi connectivity index (χ3n) is 5.19. The van der Waals surface area contributed by atoms with Gasteiger partial charge in [-0.25, -0.2) is 8.78 Å². The average Bonchev–Trinajstić information content (AvgIpc) is 2.80. The number of amides is 1. The van der Waals surface area contributed by atoms with Gasteiger partial charge in [-0.2, -0.15) is 0 Å². The molecule has 0 atom stereocenters. The van der Waals surface area contributed by atoms with Crippen molar-refractivity contribution >= 4 is 11.9 Å². The van der Waals surface area contributed by atoms with Gasteiger partial charge in [0.2, 0.25) is 5.91 Å². The van der Waals surface area contributed by atoms with Crippen LogP contribution in [0.3, 0.4) is 0 Å². The van der Waals surface area contributed by atoms with Gasteiger partial charge in [-0.05, 0) is 43.0 Å². The second-order valence-corrected chi connectivity index (χ2v) is 7.55. The largest absolute Gasteiger partial charge is 0.489 e. The molecule has 2 aromatic rings. The molecule has 2 N–H and O–H groups in total. The Morgan fingerprint density at radius 1 is 1.16 bits per heavy atom. The number of carbonyl (C=O) groups excluding carboxylic acids is 1. The summed E-state index contributed by atoms with van der Waals surface area (Å²) in [6.45, 7) is 5.19. The zero-order chi connectivity index (χ0) is 22.8. The van der Waals surface area contributed by atoms with Crippen molar-refractivity contribution in [2.75, 3.05) is 32.8 Å². The molecule has 3 rings (SSSR count). The number of hydrogen-bond acceptors (Lipinski definition) is 3. The van der Waals surface area contributed by atoms with Crippen LogP contribution in [0.5, 0.6) is 5.75 Å². The first kappa shape index (κ1) is 23.5. The molecule has 8 heteroatoms. The van der Waals surface area contributed by atoms with Crippen LogP contribution in [-0.2, 0) is 17.8 Å². The lowest BCUT2D eigenvalue weighted by Crippen LogP contribution is -2.39. The predicted molar refractivity (Wildman–Crippen MR) is 121 cm³/mol. The normalized spacial score (nSPS) is 13.5. The van der Waals surface area contributed by atoms with Crippen molar-refractivity contribution in [3.8, 4) is 5.75 Å². The molecular weight excluding hydrogens is 414 g/mol. The Kier molecular flexibility index (Phi) is 8.83. The van der Waals surface area contributed by atoms with E-state index >= 15 is 0 Å². The van der Waals surface area contributed by atoms with Crippen molar-refractivity contribution in [3.63, 3.8) is 0 Å². The van der Waals surface area contributed by atoms with Gasteiger partial charge in [0.1, 0.15) is 12.4 Å². The van der Waals surface area contributed by atoms with E-state index in [0.717, 1.165) is 25.1 Å². The minimum Gasteiger partial charge on any atom is -0.489 e. The highest BCUT2D eigenvalue weighted by Gasteiger charge is 2.19. The fraction of sp³-hybridized carbons (Fsp3) is 0.417. The van der Waals surface area contributed by atoms with Gasteiger partial charge < -0.3 is 20.3 Å². The third-order valence-corrected chi connectivity index (χ3v) is 5.19. The molecule has 0 aromatic heterocycles. The lowest BCUT2D eigenvalue weighted by atomic mass is 9.99. The second kappa shape index (κ2) is 12.0. The number of ether oxygens (including phenoxy) is 1. The monoisotopic (exact) mass is 444 g/mol. The molecule has 0 radical (unpaired) electrons. The van der Waals surface area contributed by atoms with Crippen LogP contribution in [0.4, 0.5) is 8.78 Å². The zero-order valence-electron chi connectivity index (χ0n) is 18.4. The summed E-state index contributed by atoms with van der Waals surface area (Å²) in [6, 6.07) is 11.5. The summed E-state index contributed by atoms with van der Waals surface area (Å²) in [6.07, 6.45) is 2.02. The maximum Gasteiger partial charge on any atom is 0.222 e. The summed E-state index contributed by atoms with van der Waals surface area (Å²) in [5, 5.41) is 6.23. The van der Waals surface area contributed by atoms with Crippen LogP contribution in [0.1, 0.15) is 30.9 Å². The van der Waals surface area contributed by atoms with Crippen LogP contribution in [0, 0.1) is 11.6 Å². The molecule has 0 fully saturated rings. The first-order chi connectivity index (χ1) is 15.6. The van der Waals surface area contributed by atoms with E-state index in [9.17, 15) is 13.6 Å². The molecule has 2 aromatic carbocycles. The number of benzene rings is 2. The molecule has 1 aliphatic heterocycles. The van der Waals surface area contributed by atoms with E-state index < -0.39 is 11.6 Å². The SMILES string of the molecule is CCNC(=NCCCC(=O)N1CCc2ccccc2C1)NCCOc1ccc(F)cc1F. The molecule has 0 saturated carbocycles. The molecule has 1 heterocycles. The summed E-state index contributed by atoms with van der Waals surface area (Å²) >= 11 is 0. The van der Waals surface area contributed by atoms with Crippen LogP contribution in [0.15, 0.2) is 47.5 Å². The topological polar surface area (TPSA) is 66.0 Å². The first-order valence-corrected chi connectivity index (χ1v) is 11.0. The van der Waals surface area contributed by atoms with Crippen molar-refractivity contribution in [2.24, 2.45) is 4.99 Å². The van der Waals surface area contributed by atoms with Crippen LogP contribution in [-0.4, -0.2) is 49.6 Å². The lowest BCUT2D eigenvalue weighted by molar-refractivity contribution is -0.132. The van der Waals surface area contributed by atoms with Gasteiger partial charge in [-0.15, -0.1) is 0 Å². The Hall–Kier alpha value is -3.16. The molecule has 6 nitrogen and oxygen atoms in total. The Bertz CT molecular complexity index is 936. The molecule has 1 aliphatic rings. The van der Waals surface area contributed by atoms with E-state index in [2.05, 4.69) is 27.8 Å². The fourth-order valence-electron chi connectivity index (χ4n) is 3.55. The standard InChI is InChI=1S/C24H30F2N4O2/c1-2-27-24(29-13-15-32-22-10-9-20(25)16-21(22)26)28-12-5-8-23(31)30-14-11-18-6-3-4-7-19(18)17-30/h3-4,6-7,9-10,16H,2,5,8,11-15,17H2,1H3,(H2,27,28,29). The maximum absolute atomic E-state index is 13.6. The number of aliphatic imine (C=N–C) groups is 1. The van der Waals surface area contributed by atoms with Crippen molar-refractivity contribution in [3.05, 3.63) is 65.2 Å². The van der Waals surface area contributed by atoms with Crippen molar-refractivity contribution in [2.45, 2.75) is 32.7 Å². The molecule has 1 amide bonds. The summed E-state index contributed by atoms with van der Waals surface area (Å²) in [5.74, 6) is -0.600. The van der Waals surface area contributed by atoms with E-state index in [0.29, 0.717) is 45.0 Å². The van der Waals surface area contributed by atoms with Crippen LogP contribution in [0.2, 0.25) is 0 Å². The average molecular weight is 445 g/mol. The smallest absolute Gasteiger partial charge is 0.222 e. The van der Waals surface area contributed by atoms with Crippen molar-refractivity contribution in [1.82, 2.24) is 15.5 Å². The van der Waals surface area contributed by atoms with Crippen LogP contribution < -0.4 is 15.4 Å². The highest BCUT2D eigenvalue weighted by Crippen LogP contribution is 2.19. The number of hydrogen-bond donors (Lipinski definition) is 2. The van der Waals surface area contributed by atoms with E-state index in [4.69, 9.17) is 4.74 Å². The maximum atomic E-state index is 13.6. The molecule has 172 valence electrons. The Balaban J connectivity index is 1.37. The molecule has 0 spiro atoms. The van der Waals surface area contributed by atoms with Gasteiger partial charge in [-0.3, -0.25) is 9.79 Å². The van der Waals surface area contributed by atoms with Crippen molar-refractivity contribution in [1.29, 1.82) is 0 Å². The van der Waals surface area contributed by atoms with E-state index in [1.54, 1.807) is 0 Å². The van der Waals surface area contributed by atoms with E-state index in [-0.39, 0.29) is 18.3 Å². The Labute approximate surface area is 187 Å². The van der Waals surface area contributed by atoms with Gasteiger partial charge in [-0.1, -0.05) is 24.3 Å². The predicted octanol–water partition coefficient (Wildman–Crippen LogP) is 3.26. The molecule has 0 unspecified atom stereocenters. The molecule has 0 bridgehead atoms. The number of nitrogens with zero attached hydrogens (tertiary/aromatic N) is 2. The van der Waals surface area contributed by atoms with Gasteiger partial charge in [0.25, 0.3) is 0 Å². The number of guanidine groups is 1. The number of fused-ring (bicyclic) bond motifs is 1. The van der Waals surface area contributed by atoms with Gasteiger partial charge >= 0.3 is 0 Å². The van der Waals surface area contributed by atoms with E-state index in [1.165, 1.54) is 17.2 Å². The van der Waals surface area contributed by atoms with Crippen LogP contribution in [0.25, 0.3) is 0 Å². The van der Waals surface area contributed by atoms with Gasteiger partial charge in [0.15, 0.2) is 17.5 Å². The summed E-state index contributed by atoms with van der Waals surface area (Å²) in [5.41, 5.74) is 2.56. The number of nitrogens with one attached hydrogen (secondary N) is 2. The quantitative estimate of drug-likeness (QED) is 0.354. The third kappa shape index (κ3) is 6.93. The molecule has 0 aliphatic carbocycles. The summed E-state index contributed by atoms with van der Waals surface area (Å²) in [4.78, 5) is 19.0. The molecular formula is C24H30F2N4O2. The second-order valence-electron chi connectivity index (χ2n) is 7.55. The first-order valence-electron chi connectivity index (χ1n) is 11.0. The minimum absolute atomic E-state index is 0.00832. The van der Waals surface area contributed by atoms with Gasteiger partial charge in [0, 0.05) is 38.7 Å². The lowest BCUT2D eigenvalue weighted by Gasteiger charge is -2.28. The highest BCUT2D eigenvalue weighted by atomic mass is 19.1. The summed E-state index contributed by atoms with van der Waals surface area (Å²) < 4.78 is 31.8. The summed E-state index contributed by atoms with van der Waals surface area (Å²) in [7, 11) is 0. The Morgan fingerprint density at radius 3 is 2.75 bits per heavy atom. The molecule has 0 saturated heterocycles.